The van der Waals surface area contributed by atoms with Gasteiger partial charge in [0.05, 0.1) is 0 Å². The maximum absolute atomic E-state index is 12.7. The number of alkyl halides is 1. The van der Waals surface area contributed by atoms with E-state index in [1.807, 2.05) is 12.1 Å². The van der Waals surface area contributed by atoms with E-state index in [9.17, 15) is 4.39 Å². The van der Waals surface area contributed by atoms with E-state index >= 15 is 0 Å². The van der Waals surface area contributed by atoms with E-state index in [-0.39, 0.29) is 5.82 Å². The quantitative estimate of drug-likeness (QED) is 0.733. The Hall–Kier alpha value is -0.570. The van der Waals surface area contributed by atoms with E-state index in [1.54, 1.807) is 0 Å². The molecule has 0 saturated carbocycles. The van der Waals surface area contributed by atoms with Crippen molar-refractivity contribution in [1.29, 1.82) is 0 Å². The summed E-state index contributed by atoms with van der Waals surface area (Å²) in [5.41, 5.74) is 1.09. The van der Waals surface area contributed by atoms with Gasteiger partial charge in [-0.2, -0.15) is 0 Å². The lowest BCUT2D eigenvalue weighted by Gasteiger charge is -2.22. The molecule has 0 amide bonds. The topological polar surface area (TPSA) is 3.24 Å². The predicted octanol–water partition coefficient (Wildman–Crippen LogP) is 3.44. The minimum atomic E-state index is -0.176. The summed E-state index contributed by atoms with van der Waals surface area (Å²) in [6, 6.07) is 6.67. The Bertz CT molecular complexity index is 260. The molecule has 0 atom stereocenters. The van der Waals surface area contributed by atoms with Crippen LogP contribution in [0.2, 0.25) is 0 Å². The first kappa shape index (κ1) is 11.5. The zero-order valence-electron chi connectivity index (χ0n) is 8.34. The van der Waals surface area contributed by atoms with Gasteiger partial charge in [-0.15, -0.1) is 0 Å². The molecule has 0 heterocycles. The maximum atomic E-state index is 12.7. The van der Waals surface area contributed by atoms with Crippen molar-refractivity contribution in [2.45, 2.75) is 13.3 Å². The fraction of sp³-hybridized carbons (Fsp3) is 0.455. The van der Waals surface area contributed by atoms with Gasteiger partial charge in [-0.1, -0.05) is 15.9 Å². The van der Waals surface area contributed by atoms with E-state index < -0.39 is 0 Å². The summed E-state index contributed by atoms with van der Waals surface area (Å²) in [7, 11) is 0. The normalized spacial score (nSPS) is 10.2. The van der Waals surface area contributed by atoms with Crippen molar-refractivity contribution < 1.29 is 4.39 Å². The van der Waals surface area contributed by atoms with Crippen LogP contribution in [0.3, 0.4) is 0 Å². The van der Waals surface area contributed by atoms with Gasteiger partial charge in [0, 0.05) is 24.1 Å². The molecule has 0 N–H and O–H groups in total. The Kier molecular flexibility index (Phi) is 4.94. The second-order valence-corrected chi connectivity index (χ2v) is 3.89. The summed E-state index contributed by atoms with van der Waals surface area (Å²) >= 11 is 3.40. The molecule has 0 saturated heterocycles. The largest absolute Gasteiger partial charge is 0.372 e. The van der Waals surface area contributed by atoms with Crippen molar-refractivity contribution >= 4 is 21.6 Å². The first-order valence-corrected chi connectivity index (χ1v) is 5.96. The molecule has 78 valence electrons. The third-order valence-electron chi connectivity index (χ3n) is 2.14. The highest BCUT2D eigenvalue weighted by Crippen LogP contribution is 2.14. The number of rotatable bonds is 5. The Morgan fingerprint density at radius 3 is 2.43 bits per heavy atom. The summed E-state index contributed by atoms with van der Waals surface area (Å²) in [6.45, 7) is 4.07. The highest BCUT2D eigenvalue weighted by Gasteiger charge is 2.02. The van der Waals surface area contributed by atoms with Crippen LogP contribution in [0.15, 0.2) is 24.3 Å². The third-order valence-corrected chi connectivity index (χ3v) is 2.70. The van der Waals surface area contributed by atoms with Gasteiger partial charge in [-0.3, -0.25) is 0 Å². The lowest BCUT2D eigenvalue weighted by molar-refractivity contribution is 0.627. The zero-order valence-corrected chi connectivity index (χ0v) is 9.93. The molecule has 0 aliphatic carbocycles. The second-order valence-electron chi connectivity index (χ2n) is 3.10. The molecular weight excluding hydrogens is 245 g/mol. The molecule has 0 radical (unpaired) electrons. The minimum absolute atomic E-state index is 0.176. The fourth-order valence-electron chi connectivity index (χ4n) is 1.37. The smallest absolute Gasteiger partial charge is 0.123 e. The highest BCUT2D eigenvalue weighted by molar-refractivity contribution is 9.09. The minimum Gasteiger partial charge on any atom is -0.372 e. The summed E-state index contributed by atoms with van der Waals surface area (Å²) in [5.74, 6) is -0.176. The van der Waals surface area contributed by atoms with E-state index in [1.165, 1.54) is 12.1 Å². The molecule has 0 fully saturated rings. The van der Waals surface area contributed by atoms with Gasteiger partial charge in [0.25, 0.3) is 0 Å². The molecule has 14 heavy (non-hydrogen) atoms. The Labute approximate surface area is 93.0 Å². The van der Waals surface area contributed by atoms with Crippen molar-refractivity contribution in [3.05, 3.63) is 30.1 Å². The molecule has 0 aromatic heterocycles. The van der Waals surface area contributed by atoms with E-state index in [2.05, 4.69) is 27.8 Å². The Morgan fingerprint density at radius 1 is 1.29 bits per heavy atom. The molecule has 0 aliphatic heterocycles. The van der Waals surface area contributed by atoms with Crippen LogP contribution >= 0.6 is 15.9 Å². The summed E-state index contributed by atoms with van der Waals surface area (Å²) in [4.78, 5) is 2.24. The molecule has 0 spiro atoms. The first-order chi connectivity index (χ1) is 6.77. The predicted molar refractivity (Wildman–Crippen MR) is 62.7 cm³/mol. The van der Waals surface area contributed by atoms with Crippen molar-refractivity contribution in [1.82, 2.24) is 0 Å². The van der Waals surface area contributed by atoms with Crippen molar-refractivity contribution in [2.24, 2.45) is 0 Å². The van der Waals surface area contributed by atoms with Gasteiger partial charge >= 0.3 is 0 Å². The Morgan fingerprint density at radius 2 is 1.93 bits per heavy atom. The van der Waals surface area contributed by atoms with Crippen LogP contribution in [0.5, 0.6) is 0 Å². The van der Waals surface area contributed by atoms with E-state index in [4.69, 9.17) is 0 Å². The number of hydrogen-bond acceptors (Lipinski definition) is 1. The monoisotopic (exact) mass is 259 g/mol. The van der Waals surface area contributed by atoms with Crippen molar-refractivity contribution in [3.8, 4) is 0 Å². The first-order valence-electron chi connectivity index (χ1n) is 4.84. The second kappa shape index (κ2) is 6.02. The average molecular weight is 260 g/mol. The molecule has 0 bridgehead atoms. The molecule has 1 nitrogen and oxygen atoms in total. The summed E-state index contributed by atoms with van der Waals surface area (Å²) in [5, 5.41) is 1.00. The molecule has 3 heteroatoms. The van der Waals surface area contributed by atoms with Gasteiger partial charge in [0.15, 0.2) is 0 Å². The fourth-order valence-corrected chi connectivity index (χ4v) is 1.62. The van der Waals surface area contributed by atoms with Gasteiger partial charge < -0.3 is 4.90 Å². The highest BCUT2D eigenvalue weighted by atomic mass is 79.9. The maximum Gasteiger partial charge on any atom is 0.123 e. The number of anilines is 1. The number of benzene rings is 1. The number of nitrogens with zero attached hydrogens (tertiary/aromatic N) is 1. The van der Waals surface area contributed by atoms with Crippen molar-refractivity contribution in [2.75, 3.05) is 23.3 Å². The third kappa shape index (κ3) is 3.29. The van der Waals surface area contributed by atoms with Crippen LogP contribution in [-0.4, -0.2) is 18.4 Å². The molecule has 1 aromatic rings. The number of halogens is 2. The SMILES string of the molecule is CCN(CCCBr)c1ccc(F)cc1. The molecule has 1 aromatic carbocycles. The molecule has 0 unspecified atom stereocenters. The summed E-state index contributed by atoms with van der Waals surface area (Å²) < 4.78 is 12.7. The number of hydrogen-bond donors (Lipinski definition) is 0. The lowest BCUT2D eigenvalue weighted by Crippen LogP contribution is -2.24. The van der Waals surface area contributed by atoms with Gasteiger partial charge in [0.1, 0.15) is 5.82 Å². The van der Waals surface area contributed by atoms with Crippen LogP contribution in [0.4, 0.5) is 10.1 Å². The van der Waals surface area contributed by atoms with Gasteiger partial charge in [-0.25, -0.2) is 4.39 Å². The van der Waals surface area contributed by atoms with Crippen LogP contribution in [0, 0.1) is 5.82 Å². The Balaban J connectivity index is 2.64. The van der Waals surface area contributed by atoms with Crippen LogP contribution < -0.4 is 4.90 Å². The van der Waals surface area contributed by atoms with E-state index in [0.717, 1.165) is 30.5 Å². The van der Waals surface area contributed by atoms with Gasteiger partial charge in [-0.05, 0) is 37.6 Å². The lowest BCUT2D eigenvalue weighted by atomic mass is 10.2. The molecule has 1 rings (SSSR count). The van der Waals surface area contributed by atoms with Crippen LogP contribution in [0.25, 0.3) is 0 Å². The zero-order chi connectivity index (χ0) is 10.4. The van der Waals surface area contributed by atoms with Crippen molar-refractivity contribution in [3.63, 3.8) is 0 Å². The van der Waals surface area contributed by atoms with Crippen LogP contribution in [-0.2, 0) is 0 Å². The van der Waals surface area contributed by atoms with Gasteiger partial charge in [0.2, 0.25) is 0 Å². The van der Waals surface area contributed by atoms with Crippen LogP contribution in [0.1, 0.15) is 13.3 Å². The molecule has 0 aliphatic rings. The standard InChI is InChI=1S/C11H15BrFN/c1-2-14(9-3-8-12)11-6-4-10(13)5-7-11/h4-7H,2-3,8-9H2,1H3. The van der Waals surface area contributed by atoms with E-state index in [0.29, 0.717) is 0 Å². The average Bonchev–Trinajstić information content (AvgIpc) is 2.21. The summed E-state index contributed by atoms with van der Waals surface area (Å²) in [6.07, 6.45) is 1.10. The molecular formula is C11H15BrFN.